The van der Waals surface area contributed by atoms with Crippen molar-refractivity contribution in [2.24, 2.45) is 11.8 Å². The van der Waals surface area contributed by atoms with Crippen LogP contribution in [0.3, 0.4) is 0 Å². The highest BCUT2D eigenvalue weighted by atomic mass is 32.1. The lowest BCUT2D eigenvalue weighted by atomic mass is 9.75. The number of amides is 2. The lowest BCUT2D eigenvalue weighted by Crippen LogP contribution is -2.46. The molecule has 1 N–H and O–H groups in total. The van der Waals surface area contributed by atoms with Gasteiger partial charge in [-0.25, -0.2) is 4.79 Å². The van der Waals surface area contributed by atoms with Crippen molar-refractivity contribution < 1.29 is 4.79 Å². The Balaban J connectivity index is 1.58. The second kappa shape index (κ2) is 5.22. The SMILES string of the molecule is O=C(Nc1nncs1)N1CC[C@@H]2CCCC[C@@H]2C1. The highest BCUT2D eigenvalue weighted by Gasteiger charge is 2.33. The molecule has 1 saturated heterocycles. The Morgan fingerprint density at radius 2 is 2.17 bits per heavy atom. The molecule has 1 aliphatic heterocycles. The van der Waals surface area contributed by atoms with E-state index in [4.69, 9.17) is 0 Å². The van der Waals surface area contributed by atoms with Gasteiger partial charge in [-0.1, -0.05) is 30.6 Å². The molecule has 98 valence electrons. The first kappa shape index (κ1) is 11.9. The summed E-state index contributed by atoms with van der Waals surface area (Å²) >= 11 is 1.36. The number of anilines is 1. The van der Waals surface area contributed by atoms with Crippen molar-refractivity contribution >= 4 is 22.5 Å². The van der Waals surface area contributed by atoms with Crippen molar-refractivity contribution in [3.8, 4) is 0 Å². The maximum atomic E-state index is 12.1. The molecule has 3 rings (SSSR count). The summed E-state index contributed by atoms with van der Waals surface area (Å²) in [5.41, 5.74) is 1.63. The van der Waals surface area contributed by atoms with Crippen LogP contribution in [0.25, 0.3) is 0 Å². The summed E-state index contributed by atoms with van der Waals surface area (Å²) in [5, 5.41) is 11.0. The fourth-order valence-corrected chi connectivity index (χ4v) is 3.62. The first-order chi connectivity index (χ1) is 8.83. The Kier molecular flexibility index (Phi) is 3.45. The Labute approximate surface area is 111 Å². The smallest absolute Gasteiger partial charge is 0.323 e. The minimum Gasteiger partial charge on any atom is -0.324 e. The maximum absolute atomic E-state index is 12.1. The van der Waals surface area contributed by atoms with E-state index in [1.54, 1.807) is 5.51 Å². The molecular weight excluding hydrogens is 248 g/mol. The van der Waals surface area contributed by atoms with Crippen LogP contribution in [0.4, 0.5) is 9.93 Å². The average Bonchev–Trinajstić information content (AvgIpc) is 2.91. The van der Waals surface area contributed by atoms with E-state index in [0.29, 0.717) is 11.0 Å². The van der Waals surface area contributed by atoms with Crippen molar-refractivity contribution in [2.45, 2.75) is 32.1 Å². The number of nitrogens with one attached hydrogen (secondary N) is 1. The zero-order valence-corrected chi connectivity index (χ0v) is 11.2. The van der Waals surface area contributed by atoms with Crippen LogP contribution in [0.5, 0.6) is 0 Å². The van der Waals surface area contributed by atoms with Gasteiger partial charge >= 0.3 is 6.03 Å². The van der Waals surface area contributed by atoms with Crippen LogP contribution in [0.1, 0.15) is 32.1 Å². The Hall–Kier alpha value is -1.17. The number of piperidine rings is 1. The standard InChI is InChI=1S/C12H18N4OS/c17-12(14-11-15-13-8-18-11)16-6-5-9-3-1-2-4-10(9)7-16/h8-10H,1-7H2,(H,14,15,17)/t9-,10+/m0/s1. The average molecular weight is 266 g/mol. The zero-order chi connectivity index (χ0) is 12.4. The van der Waals surface area contributed by atoms with Crippen LogP contribution < -0.4 is 5.32 Å². The molecule has 0 bridgehead atoms. The molecule has 1 aromatic rings. The summed E-state index contributed by atoms with van der Waals surface area (Å²) in [6.45, 7) is 1.79. The van der Waals surface area contributed by atoms with E-state index in [2.05, 4.69) is 15.5 Å². The topological polar surface area (TPSA) is 58.1 Å². The van der Waals surface area contributed by atoms with E-state index < -0.39 is 0 Å². The van der Waals surface area contributed by atoms with Gasteiger partial charge in [0.15, 0.2) is 0 Å². The number of urea groups is 1. The second-order valence-electron chi connectivity index (χ2n) is 5.21. The molecule has 0 unspecified atom stereocenters. The molecule has 1 saturated carbocycles. The Bertz CT molecular complexity index is 408. The number of carbonyl (C=O) groups is 1. The minimum atomic E-state index is -0.0178. The molecule has 5 nitrogen and oxygen atoms in total. The summed E-state index contributed by atoms with van der Waals surface area (Å²) in [4.78, 5) is 14.0. The van der Waals surface area contributed by atoms with Crippen LogP contribution in [0, 0.1) is 11.8 Å². The molecule has 18 heavy (non-hydrogen) atoms. The third-order valence-corrected chi connectivity index (χ3v) is 4.76. The van der Waals surface area contributed by atoms with E-state index in [1.807, 2.05) is 4.90 Å². The van der Waals surface area contributed by atoms with Crippen molar-refractivity contribution in [1.29, 1.82) is 0 Å². The highest BCUT2D eigenvalue weighted by Crippen LogP contribution is 2.36. The van der Waals surface area contributed by atoms with Gasteiger partial charge in [-0.15, -0.1) is 10.2 Å². The number of carbonyl (C=O) groups excluding carboxylic acids is 1. The van der Waals surface area contributed by atoms with Gasteiger partial charge in [0.1, 0.15) is 5.51 Å². The molecule has 0 spiro atoms. The first-order valence-corrected chi connectivity index (χ1v) is 7.53. The second-order valence-corrected chi connectivity index (χ2v) is 6.05. The molecule has 0 aromatic carbocycles. The summed E-state index contributed by atoms with van der Waals surface area (Å²) in [7, 11) is 0. The quantitative estimate of drug-likeness (QED) is 0.850. The number of rotatable bonds is 1. The van der Waals surface area contributed by atoms with E-state index in [9.17, 15) is 4.79 Å². The molecule has 2 amide bonds. The lowest BCUT2D eigenvalue weighted by Gasteiger charge is -2.41. The molecule has 6 heteroatoms. The fraction of sp³-hybridized carbons (Fsp3) is 0.750. The number of likely N-dealkylation sites (tertiary alicyclic amines) is 1. The van der Waals surface area contributed by atoms with Crippen LogP contribution in [-0.2, 0) is 0 Å². The molecule has 2 heterocycles. The maximum Gasteiger partial charge on any atom is 0.323 e. The third kappa shape index (κ3) is 2.48. The molecule has 1 aromatic heterocycles. The van der Waals surface area contributed by atoms with Gasteiger partial charge in [-0.2, -0.15) is 0 Å². The summed E-state index contributed by atoms with van der Waals surface area (Å²) < 4.78 is 0. The number of aromatic nitrogens is 2. The first-order valence-electron chi connectivity index (χ1n) is 6.65. The summed E-state index contributed by atoms with van der Waals surface area (Å²) in [6, 6.07) is -0.0178. The van der Waals surface area contributed by atoms with Gasteiger partial charge in [0.05, 0.1) is 0 Å². The molecule has 2 fully saturated rings. The van der Waals surface area contributed by atoms with Crippen LogP contribution in [0.2, 0.25) is 0 Å². The van der Waals surface area contributed by atoms with Gasteiger partial charge in [-0.3, -0.25) is 5.32 Å². The molecule has 0 radical (unpaired) electrons. The predicted octanol–water partition coefficient (Wildman–Crippen LogP) is 2.58. The van der Waals surface area contributed by atoms with E-state index in [1.165, 1.54) is 37.0 Å². The molecular formula is C12H18N4OS. The van der Waals surface area contributed by atoms with Gasteiger partial charge in [0.2, 0.25) is 5.13 Å². The van der Waals surface area contributed by atoms with Crippen LogP contribution >= 0.6 is 11.3 Å². The fourth-order valence-electron chi connectivity index (χ4n) is 3.18. The molecule has 1 aliphatic carbocycles. The lowest BCUT2D eigenvalue weighted by molar-refractivity contribution is 0.108. The molecule has 2 aliphatic rings. The van der Waals surface area contributed by atoms with E-state index in [0.717, 1.165) is 25.4 Å². The van der Waals surface area contributed by atoms with Crippen molar-refractivity contribution in [1.82, 2.24) is 15.1 Å². The normalized spacial score (nSPS) is 27.7. The van der Waals surface area contributed by atoms with Gasteiger partial charge in [0, 0.05) is 13.1 Å². The highest BCUT2D eigenvalue weighted by molar-refractivity contribution is 7.13. The number of hydrogen-bond acceptors (Lipinski definition) is 4. The van der Waals surface area contributed by atoms with Gasteiger partial charge < -0.3 is 4.90 Å². The van der Waals surface area contributed by atoms with E-state index >= 15 is 0 Å². The number of hydrogen-bond donors (Lipinski definition) is 1. The summed E-state index contributed by atoms with van der Waals surface area (Å²) in [6.07, 6.45) is 6.50. The largest absolute Gasteiger partial charge is 0.324 e. The van der Waals surface area contributed by atoms with Crippen molar-refractivity contribution in [2.75, 3.05) is 18.4 Å². The van der Waals surface area contributed by atoms with E-state index in [-0.39, 0.29) is 6.03 Å². The van der Waals surface area contributed by atoms with Crippen LogP contribution in [0.15, 0.2) is 5.51 Å². The number of nitrogens with zero attached hydrogens (tertiary/aromatic N) is 3. The Morgan fingerprint density at radius 1 is 1.33 bits per heavy atom. The predicted molar refractivity (Wildman–Crippen MR) is 70.6 cm³/mol. The zero-order valence-electron chi connectivity index (χ0n) is 10.3. The van der Waals surface area contributed by atoms with Crippen molar-refractivity contribution in [3.63, 3.8) is 0 Å². The van der Waals surface area contributed by atoms with Gasteiger partial charge in [-0.05, 0) is 24.7 Å². The van der Waals surface area contributed by atoms with Crippen molar-refractivity contribution in [3.05, 3.63) is 5.51 Å². The Morgan fingerprint density at radius 3 is 2.94 bits per heavy atom. The molecule has 2 atom stereocenters. The summed E-state index contributed by atoms with van der Waals surface area (Å²) in [5.74, 6) is 1.57. The van der Waals surface area contributed by atoms with Gasteiger partial charge in [0.25, 0.3) is 0 Å². The number of fused-ring (bicyclic) bond motifs is 1. The van der Waals surface area contributed by atoms with Crippen LogP contribution in [-0.4, -0.2) is 34.2 Å². The third-order valence-electron chi connectivity index (χ3n) is 4.15. The monoisotopic (exact) mass is 266 g/mol. The minimum absolute atomic E-state index is 0.0178.